The standard InChI is InChI=1S/C13H8F3OP.Li.H/c14-13(15,16)17-8-5-6-10-9-3-1-2-4-11(9)18-12(10)7-8;;/h1-7,18H;;. The molecule has 0 fully saturated rings. The van der Waals surface area contributed by atoms with Gasteiger partial charge in [-0.3, -0.25) is 0 Å². The van der Waals surface area contributed by atoms with Gasteiger partial charge in [-0.25, -0.2) is 0 Å². The zero-order chi connectivity index (χ0) is 12.8. The van der Waals surface area contributed by atoms with E-state index in [0.29, 0.717) is 8.19 Å². The Balaban J connectivity index is 0.00000133. The van der Waals surface area contributed by atoms with Gasteiger partial charge in [-0.1, -0.05) is 24.3 Å². The van der Waals surface area contributed by atoms with Crippen molar-refractivity contribution >= 4 is 48.1 Å². The van der Waals surface area contributed by atoms with E-state index in [-0.39, 0.29) is 24.6 Å². The Labute approximate surface area is 121 Å². The fourth-order valence-electron chi connectivity index (χ4n) is 2.03. The summed E-state index contributed by atoms with van der Waals surface area (Å²) in [5, 5.41) is 4.16. The molecule has 3 aromatic rings. The van der Waals surface area contributed by atoms with E-state index in [1.807, 2.05) is 24.3 Å². The van der Waals surface area contributed by atoms with Crippen LogP contribution in [0.3, 0.4) is 0 Å². The van der Waals surface area contributed by atoms with Crippen molar-refractivity contribution in [1.82, 2.24) is 0 Å². The summed E-state index contributed by atoms with van der Waals surface area (Å²) in [7, 11) is 0.386. The van der Waals surface area contributed by atoms with Crippen molar-refractivity contribution in [2.75, 3.05) is 0 Å². The molecule has 0 saturated carbocycles. The average Bonchev–Trinajstić information content (AvgIpc) is 2.64. The predicted octanol–water partition coefficient (Wildman–Crippen LogP) is 4.27. The Morgan fingerprint density at radius 3 is 2.32 bits per heavy atom. The molecular formula is C13H9F3LiOP. The number of rotatable bonds is 1. The maximum absolute atomic E-state index is 12.1. The molecule has 1 unspecified atom stereocenters. The molecule has 0 aliphatic rings. The molecule has 0 bridgehead atoms. The quantitative estimate of drug-likeness (QED) is 0.603. The van der Waals surface area contributed by atoms with Crippen molar-refractivity contribution in [3.05, 3.63) is 42.5 Å². The van der Waals surface area contributed by atoms with Gasteiger partial charge in [-0.2, -0.15) is 0 Å². The van der Waals surface area contributed by atoms with Gasteiger partial charge in [0.1, 0.15) is 5.75 Å². The Kier molecular flexibility index (Phi) is 3.87. The van der Waals surface area contributed by atoms with E-state index in [4.69, 9.17) is 0 Å². The molecule has 19 heavy (non-hydrogen) atoms. The van der Waals surface area contributed by atoms with Crippen molar-refractivity contribution in [2.45, 2.75) is 6.36 Å². The van der Waals surface area contributed by atoms with Gasteiger partial charge >= 0.3 is 25.2 Å². The number of alkyl halides is 3. The Morgan fingerprint density at radius 1 is 0.895 bits per heavy atom. The molecule has 0 saturated heterocycles. The van der Waals surface area contributed by atoms with Crippen LogP contribution in [-0.4, -0.2) is 25.2 Å². The summed E-state index contributed by atoms with van der Waals surface area (Å²) in [6.07, 6.45) is -4.64. The number of ether oxygens (including phenoxy) is 1. The van der Waals surface area contributed by atoms with E-state index in [2.05, 4.69) is 4.74 Å². The summed E-state index contributed by atoms with van der Waals surface area (Å²) in [6.45, 7) is 0. The van der Waals surface area contributed by atoms with Crippen LogP contribution in [0.5, 0.6) is 5.75 Å². The molecule has 1 atom stereocenters. The summed E-state index contributed by atoms with van der Waals surface area (Å²) in [5.74, 6) is -0.151. The van der Waals surface area contributed by atoms with Crippen LogP contribution in [0.25, 0.3) is 21.0 Å². The monoisotopic (exact) mass is 276 g/mol. The van der Waals surface area contributed by atoms with Crippen LogP contribution in [0.15, 0.2) is 42.5 Å². The molecule has 0 spiro atoms. The van der Waals surface area contributed by atoms with E-state index >= 15 is 0 Å². The second kappa shape index (κ2) is 5.13. The third-order valence-electron chi connectivity index (χ3n) is 2.71. The molecule has 3 rings (SSSR count). The molecule has 6 heteroatoms. The van der Waals surface area contributed by atoms with Gasteiger partial charge < -0.3 is 4.74 Å². The number of benzene rings is 2. The maximum atomic E-state index is 12.1. The first-order chi connectivity index (χ1) is 8.53. The first-order valence-electron chi connectivity index (χ1n) is 5.29. The molecule has 0 N–H and O–H groups in total. The zero-order valence-corrected chi connectivity index (χ0v) is 10.1. The zero-order valence-electron chi connectivity index (χ0n) is 9.08. The molecule has 0 aliphatic heterocycles. The molecule has 1 nitrogen and oxygen atoms in total. The molecule has 1 heterocycles. The second-order valence-electron chi connectivity index (χ2n) is 3.93. The first-order valence-corrected chi connectivity index (χ1v) is 6.29. The average molecular weight is 276 g/mol. The Morgan fingerprint density at radius 2 is 1.58 bits per heavy atom. The van der Waals surface area contributed by atoms with E-state index in [0.717, 1.165) is 21.0 Å². The molecule has 0 amide bonds. The summed E-state index contributed by atoms with van der Waals surface area (Å²) < 4.78 is 40.3. The molecule has 2 aromatic carbocycles. The van der Waals surface area contributed by atoms with Crippen LogP contribution in [0, 0.1) is 0 Å². The fourth-order valence-corrected chi connectivity index (χ4v) is 3.42. The molecule has 1 aromatic heterocycles. The van der Waals surface area contributed by atoms with Crippen LogP contribution >= 0.6 is 8.19 Å². The topological polar surface area (TPSA) is 9.23 Å². The van der Waals surface area contributed by atoms with Crippen LogP contribution in [-0.2, 0) is 0 Å². The van der Waals surface area contributed by atoms with Crippen LogP contribution in [0.1, 0.15) is 0 Å². The van der Waals surface area contributed by atoms with E-state index < -0.39 is 6.36 Å². The predicted molar refractivity (Wildman–Crippen MR) is 74.8 cm³/mol. The van der Waals surface area contributed by atoms with Gasteiger partial charge in [-0.05, 0) is 34.1 Å². The van der Waals surface area contributed by atoms with Crippen LogP contribution in [0.4, 0.5) is 13.2 Å². The Hall–Kier alpha value is -1.07. The van der Waals surface area contributed by atoms with Crippen LogP contribution in [0.2, 0.25) is 0 Å². The van der Waals surface area contributed by atoms with Gasteiger partial charge in [0.2, 0.25) is 0 Å². The summed E-state index contributed by atoms with van der Waals surface area (Å²) >= 11 is 0. The first kappa shape index (κ1) is 14.3. The minimum absolute atomic E-state index is 0. The molecule has 0 radical (unpaired) electrons. The summed E-state index contributed by atoms with van der Waals surface area (Å²) in [5.41, 5.74) is 0. The third-order valence-corrected chi connectivity index (χ3v) is 4.10. The molecular weight excluding hydrogens is 267 g/mol. The molecule has 0 aliphatic carbocycles. The van der Waals surface area contributed by atoms with Crippen molar-refractivity contribution in [2.24, 2.45) is 0 Å². The van der Waals surface area contributed by atoms with Crippen LogP contribution < -0.4 is 4.74 Å². The summed E-state index contributed by atoms with van der Waals surface area (Å²) in [4.78, 5) is 0. The second-order valence-corrected chi connectivity index (χ2v) is 5.25. The van der Waals surface area contributed by atoms with Crippen molar-refractivity contribution in [3.8, 4) is 5.75 Å². The van der Waals surface area contributed by atoms with Gasteiger partial charge in [0, 0.05) is 5.12 Å². The number of halogens is 3. The van der Waals surface area contributed by atoms with Gasteiger partial charge in [0.25, 0.3) is 0 Å². The number of hydrogen-bond donors (Lipinski definition) is 0. The van der Waals surface area contributed by atoms with Gasteiger partial charge in [0.15, 0.2) is 0 Å². The minimum atomic E-state index is -4.64. The van der Waals surface area contributed by atoms with E-state index in [9.17, 15) is 13.2 Å². The van der Waals surface area contributed by atoms with E-state index in [1.165, 1.54) is 12.1 Å². The fraction of sp³-hybridized carbons (Fsp3) is 0.0769. The van der Waals surface area contributed by atoms with Crippen molar-refractivity contribution in [3.63, 3.8) is 0 Å². The van der Waals surface area contributed by atoms with Gasteiger partial charge in [0.05, 0.1) is 0 Å². The number of fused-ring (bicyclic) bond motifs is 3. The summed E-state index contributed by atoms with van der Waals surface area (Å²) in [6, 6.07) is 12.4. The molecule has 94 valence electrons. The number of hydrogen-bond acceptors (Lipinski definition) is 1. The Bertz CT molecular complexity index is 721. The normalized spacial score (nSPS) is 11.9. The van der Waals surface area contributed by atoms with Gasteiger partial charge in [-0.15, -0.1) is 21.4 Å². The third kappa shape index (κ3) is 2.92. The van der Waals surface area contributed by atoms with E-state index in [1.54, 1.807) is 6.07 Å². The van der Waals surface area contributed by atoms with Crippen molar-refractivity contribution < 1.29 is 17.9 Å². The van der Waals surface area contributed by atoms with Crippen molar-refractivity contribution in [1.29, 1.82) is 0 Å². The SMILES string of the molecule is FC(F)(F)Oc1ccc2c(c1)[pH]c1ccccc12.[LiH].